The molecule has 0 amide bonds. The molecule has 6 heteroatoms. The number of pyridine rings is 1. The van der Waals surface area contributed by atoms with Crippen LogP contribution in [0.2, 0.25) is 0 Å². The number of nitrogens with zero attached hydrogens (tertiary/aromatic N) is 3. The van der Waals surface area contributed by atoms with Crippen molar-refractivity contribution < 1.29 is 8.42 Å². The van der Waals surface area contributed by atoms with E-state index in [-0.39, 0.29) is 6.54 Å². The van der Waals surface area contributed by atoms with Crippen LogP contribution in [0.15, 0.2) is 24.4 Å². The van der Waals surface area contributed by atoms with Gasteiger partial charge in [0.15, 0.2) is 5.75 Å². The van der Waals surface area contributed by atoms with Crippen molar-refractivity contribution in [3.63, 3.8) is 0 Å². The van der Waals surface area contributed by atoms with Gasteiger partial charge in [0, 0.05) is 12.7 Å². The van der Waals surface area contributed by atoms with E-state index in [0.29, 0.717) is 12.2 Å². The Morgan fingerprint density at radius 2 is 2.25 bits per heavy atom. The molecule has 0 radical (unpaired) electrons. The van der Waals surface area contributed by atoms with Gasteiger partial charge in [-0.2, -0.15) is 9.57 Å². The van der Waals surface area contributed by atoms with Crippen LogP contribution in [0.1, 0.15) is 12.6 Å². The minimum Gasteiger partial charge on any atom is -0.260 e. The molecule has 0 aliphatic rings. The lowest BCUT2D eigenvalue weighted by atomic mass is 10.3. The van der Waals surface area contributed by atoms with E-state index >= 15 is 0 Å². The first-order valence-corrected chi connectivity index (χ1v) is 6.45. The van der Waals surface area contributed by atoms with Gasteiger partial charge < -0.3 is 0 Å². The summed E-state index contributed by atoms with van der Waals surface area (Å²) < 4.78 is 24.5. The quantitative estimate of drug-likeness (QED) is 0.760. The Hall–Kier alpha value is -1.45. The molecule has 1 heterocycles. The number of hydrogen-bond acceptors (Lipinski definition) is 4. The summed E-state index contributed by atoms with van der Waals surface area (Å²) in [5.74, 6) is -0.492. The highest BCUT2D eigenvalue weighted by Crippen LogP contribution is 2.07. The number of sulfonamides is 1. The lowest BCUT2D eigenvalue weighted by Crippen LogP contribution is -2.32. The van der Waals surface area contributed by atoms with Crippen LogP contribution in [-0.4, -0.2) is 30.0 Å². The van der Waals surface area contributed by atoms with E-state index in [0.717, 1.165) is 0 Å². The van der Waals surface area contributed by atoms with Crippen molar-refractivity contribution in [3.8, 4) is 6.07 Å². The Bertz CT molecular complexity index is 465. The second-order valence-corrected chi connectivity index (χ2v) is 5.13. The molecule has 0 N–H and O–H groups in total. The van der Waals surface area contributed by atoms with Gasteiger partial charge in [-0.05, 0) is 12.1 Å². The molecule has 0 fully saturated rings. The summed E-state index contributed by atoms with van der Waals surface area (Å²) in [5, 5.41) is 8.44. The van der Waals surface area contributed by atoms with Crippen molar-refractivity contribution in [1.82, 2.24) is 9.29 Å². The second-order valence-electron chi connectivity index (χ2n) is 3.16. The maximum absolute atomic E-state index is 11.6. The monoisotopic (exact) mass is 239 g/mol. The molecule has 5 nitrogen and oxygen atoms in total. The molecule has 0 aromatic carbocycles. The largest absolute Gasteiger partial charge is 0.260 e. The number of rotatable bonds is 5. The van der Waals surface area contributed by atoms with Crippen molar-refractivity contribution in [1.29, 1.82) is 5.26 Å². The molecular weight excluding hydrogens is 226 g/mol. The number of nitriles is 1. The predicted octanol–water partition coefficient (Wildman–Crippen LogP) is 0.757. The second kappa shape index (κ2) is 5.58. The van der Waals surface area contributed by atoms with Gasteiger partial charge in [0.25, 0.3) is 0 Å². The van der Waals surface area contributed by atoms with E-state index in [2.05, 4.69) is 4.98 Å². The first-order valence-electron chi connectivity index (χ1n) is 4.85. The minimum atomic E-state index is -3.49. The van der Waals surface area contributed by atoms with Crippen LogP contribution in [0.3, 0.4) is 0 Å². The predicted molar refractivity (Wildman–Crippen MR) is 59.7 cm³/mol. The third-order valence-corrected chi connectivity index (χ3v) is 3.73. The molecular formula is C10H13N3O2S. The minimum absolute atomic E-state index is 0.210. The van der Waals surface area contributed by atoms with Gasteiger partial charge in [-0.25, -0.2) is 8.42 Å². The highest BCUT2D eigenvalue weighted by molar-refractivity contribution is 7.89. The standard InChI is InChI=1S/C10H13N3O2S/c1-2-13(16(14,15)8-6-11)9-10-5-3-4-7-12-10/h3-5,7H,2,8-9H2,1H3. The fourth-order valence-corrected chi connectivity index (χ4v) is 2.32. The van der Waals surface area contributed by atoms with Crippen molar-refractivity contribution in [2.24, 2.45) is 0 Å². The van der Waals surface area contributed by atoms with Crippen LogP contribution < -0.4 is 0 Å². The Balaban J connectivity index is 2.82. The lowest BCUT2D eigenvalue weighted by molar-refractivity contribution is 0.421. The molecule has 86 valence electrons. The molecule has 16 heavy (non-hydrogen) atoms. The summed E-state index contributed by atoms with van der Waals surface area (Å²) in [6.07, 6.45) is 1.61. The first-order chi connectivity index (χ1) is 7.60. The Kier molecular flexibility index (Phi) is 4.40. The van der Waals surface area contributed by atoms with Gasteiger partial charge in [-0.1, -0.05) is 13.0 Å². The summed E-state index contributed by atoms with van der Waals surface area (Å²) in [7, 11) is -3.49. The highest BCUT2D eigenvalue weighted by atomic mass is 32.2. The zero-order valence-corrected chi connectivity index (χ0v) is 9.81. The molecule has 0 saturated carbocycles. The van der Waals surface area contributed by atoms with Gasteiger partial charge in [-0.15, -0.1) is 0 Å². The Morgan fingerprint density at radius 1 is 1.50 bits per heavy atom. The molecule has 0 spiro atoms. The van der Waals surface area contributed by atoms with Gasteiger partial charge in [0.1, 0.15) is 0 Å². The summed E-state index contributed by atoms with van der Waals surface area (Å²) in [6, 6.07) is 6.98. The molecule has 0 unspecified atom stereocenters. The maximum Gasteiger partial charge on any atom is 0.227 e. The van der Waals surface area contributed by atoms with Crippen LogP contribution >= 0.6 is 0 Å². The van der Waals surface area contributed by atoms with Gasteiger partial charge >= 0.3 is 0 Å². The summed E-state index contributed by atoms with van der Waals surface area (Å²) in [6.45, 7) is 2.28. The molecule has 0 aliphatic heterocycles. The first kappa shape index (κ1) is 12.6. The topological polar surface area (TPSA) is 74.1 Å². The zero-order chi connectivity index (χ0) is 12.0. The lowest BCUT2D eigenvalue weighted by Gasteiger charge is -2.18. The van der Waals surface area contributed by atoms with E-state index in [1.54, 1.807) is 37.4 Å². The van der Waals surface area contributed by atoms with Crippen LogP contribution in [-0.2, 0) is 16.6 Å². The molecule has 1 aromatic rings. The molecule has 0 bridgehead atoms. The van der Waals surface area contributed by atoms with E-state index in [1.165, 1.54) is 4.31 Å². The van der Waals surface area contributed by atoms with Crippen LogP contribution in [0.25, 0.3) is 0 Å². The van der Waals surface area contributed by atoms with E-state index < -0.39 is 15.8 Å². The summed E-state index contributed by atoms with van der Waals surface area (Å²) >= 11 is 0. The fourth-order valence-electron chi connectivity index (χ4n) is 1.25. The van der Waals surface area contributed by atoms with Crippen LogP contribution in [0.4, 0.5) is 0 Å². The smallest absolute Gasteiger partial charge is 0.227 e. The molecule has 1 aromatic heterocycles. The Morgan fingerprint density at radius 3 is 2.75 bits per heavy atom. The van der Waals surface area contributed by atoms with E-state index in [1.807, 2.05) is 0 Å². The SMILES string of the molecule is CCN(Cc1ccccn1)S(=O)(=O)CC#N. The molecule has 0 atom stereocenters. The number of aromatic nitrogens is 1. The van der Waals surface area contributed by atoms with E-state index in [9.17, 15) is 8.42 Å². The van der Waals surface area contributed by atoms with Crippen molar-refractivity contribution in [2.75, 3.05) is 12.3 Å². The van der Waals surface area contributed by atoms with Crippen LogP contribution in [0, 0.1) is 11.3 Å². The zero-order valence-electron chi connectivity index (χ0n) is 9.00. The number of hydrogen-bond donors (Lipinski definition) is 0. The van der Waals surface area contributed by atoms with E-state index in [4.69, 9.17) is 5.26 Å². The Labute approximate surface area is 95.4 Å². The van der Waals surface area contributed by atoms with Crippen LogP contribution in [0.5, 0.6) is 0 Å². The summed E-state index contributed by atoms with van der Waals surface area (Å²) in [5.41, 5.74) is 0.672. The highest BCUT2D eigenvalue weighted by Gasteiger charge is 2.20. The molecule has 1 rings (SSSR count). The average molecular weight is 239 g/mol. The van der Waals surface area contributed by atoms with Gasteiger partial charge in [0.2, 0.25) is 10.0 Å². The fraction of sp³-hybridized carbons (Fsp3) is 0.400. The normalized spacial score (nSPS) is 11.3. The third kappa shape index (κ3) is 3.29. The van der Waals surface area contributed by atoms with Crippen molar-refractivity contribution in [2.45, 2.75) is 13.5 Å². The summed E-state index contributed by atoms with van der Waals surface area (Å²) in [4.78, 5) is 4.05. The van der Waals surface area contributed by atoms with Crippen molar-refractivity contribution in [3.05, 3.63) is 30.1 Å². The molecule has 0 saturated heterocycles. The van der Waals surface area contributed by atoms with Gasteiger partial charge in [-0.3, -0.25) is 4.98 Å². The van der Waals surface area contributed by atoms with Gasteiger partial charge in [0.05, 0.1) is 18.3 Å². The third-order valence-electron chi connectivity index (χ3n) is 2.06. The average Bonchev–Trinajstić information content (AvgIpc) is 2.27. The maximum atomic E-state index is 11.6. The van der Waals surface area contributed by atoms with Crippen molar-refractivity contribution >= 4 is 10.0 Å². The molecule has 0 aliphatic carbocycles.